The van der Waals surface area contributed by atoms with Gasteiger partial charge in [-0.2, -0.15) is 0 Å². The Hall–Kier alpha value is -0.370. The van der Waals surface area contributed by atoms with Crippen molar-refractivity contribution in [2.75, 3.05) is 0 Å². The van der Waals surface area contributed by atoms with Gasteiger partial charge in [-0.25, -0.2) is 0 Å². The number of hydrogen-bond donors (Lipinski definition) is 1. The molecule has 0 aromatic rings. The summed E-state index contributed by atoms with van der Waals surface area (Å²) in [7, 11) is 0. The van der Waals surface area contributed by atoms with Crippen LogP contribution in [0.3, 0.4) is 0 Å². The van der Waals surface area contributed by atoms with E-state index in [0.29, 0.717) is 5.92 Å². The maximum absolute atomic E-state index is 11.4. The molecule has 1 rings (SSSR count). The fraction of sp³-hybridized carbons (Fsp3) is 0.900. The molecular formula is C10H18O2. The molecule has 0 radical (unpaired) electrons. The molecule has 0 amide bonds. The molecule has 1 aliphatic carbocycles. The number of carbonyl (C=O) groups excluding carboxylic acids is 1. The van der Waals surface area contributed by atoms with Gasteiger partial charge >= 0.3 is 0 Å². The molecule has 2 heteroatoms. The molecule has 0 aliphatic heterocycles. The number of aliphatic hydroxyl groups is 1. The van der Waals surface area contributed by atoms with Crippen molar-refractivity contribution < 1.29 is 9.90 Å². The van der Waals surface area contributed by atoms with E-state index in [0.717, 1.165) is 12.8 Å². The molecule has 0 saturated heterocycles. The average molecular weight is 170 g/mol. The van der Waals surface area contributed by atoms with Gasteiger partial charge in [0.25, 0.3) is 0 Å². The van der Waals surface area contributed by atoms with E-state index in [1.165, 1.54) is 0 Å². The van der Waals surface area contributed by atoms with E-state index in [9.17, 15) is 9.90 Å². The molecule has 3 atom stereocenters. The van der Waals surface area contributed by atoms with Gasteiger partial charge in [0.15, 0.2) is 5.78 Å². The molecule has 1 saturated carbocycles. The molecule has 3 unspecified atom stereocenters. The minimum Gasteiger partial charge on any atom is -0.385 e. The number of aliphatic hydroxyl groups excluding tert-OH is 1. The summed E-state index contributed by atoms with van der Waals surface area (Å²) in [5.74, 6) is 0.708. The highest BCUT2D eigenvalue weighted by atomic mass is 16.3. The van der Waals surface area contributed by atoms with Crippen molar-refractivity contribution in [3.8, 4) is 0 Å². The lowest BCUT2D eigenvalue weighted by molar-refractivity contribution is -0.138. The number of rotatable bonds is 1. The Kier molecular flexibility index (Phi) is 2.89. The Morgan fingerprint density at radius 2 is 2.00 bits per heavy atom. The number of carbonyl (C=O) groups is 1. The summed E-state index contributed by atoms with van der Waals surface area (Å²) in [6.07, 6.45) is 1.23. The molecule has 2 nitrogen and oxygen atoms in total. The molecule has 70 valence electrons. The topological polar surface area (TPSA) is 37.3 Å². The molecule has 1 N–H and O–H groups in total. The van der Waals surface area contributed by atoms with Gasteiger partial charge in [-0.3, -0.25) is 4.79 Å². The van der Waals surface area contributed by atoms with Crippen LogP contribution in [0.5, 0.6) is 0 Å². The molecular weight excluding hydrogens is 152 g/mol. The van der Waals surface area contributed by atoms with E-state index in [-0.39, 0.29) is 17.6 Å². The molecule has 1 fully saturated rings. The normalized spacial score (nSPS) is 37.4. The van der Waals surface area contributed by atoms with Crippen LogP contribution in [0.1, 0.15) is 33.6 Å². The third-order valence-corrected chi connectivity index (χ3v) is 2.97. The fourth-order valence-corrected chi connectivity index (χ4v) is 1.94. The van der Waals surface area contributed by atoms with E-state index in [4.69, 9.17) is 0 Å². The van der Waals surface area contributed by atoms with Crippen LogP contribution in [0.25, 0.3) is 0 Å². The smallest absolute Gasteiger partial charge is 0.164 e. The second kappa shape index (κ2) is 3.56. The largest absolute Gasteiger partial charge is 0.385 e. The zero-order chi connectivity index (χ0) is 9.30. The molecule has 0 aromatic heterocycles. The van der Waals surface area contributed by atoms with Crippen LogP contribution in [-0.4, -0.2) is 17.0 Å². The molecule has 0 aromatic carbocycles. The first-order chi connectivity index (χ1) is 5.54. The molecule has 12 heavy (non-hydrogen) atoms. The van der Waals surface area contributed by atoms with Crippen LogP contribution in [-0.2, 0) is 4.79 Å². The van der Waals surface area contributed by atoms with E-state index in [1.807, 2.05) is 6.92 Å². The van der Waals surface area contributed by atoms with Crippen molar-refractivity contribution >= 4 is 5.78 Å². The van der Waals surface area contributed by atoms with Gasteiger partial charge in [-0.1, -0.05) is 20.8 Å². The SMILES string of the molecule is CC1CCC(C(C)C)C(O)C1=O. The van der Waals surface area contributed by atoms with Crippen LogP contribution in [0.15, 0.2) is 0 Å². The number of Topliss-reactive ketones (excluding diaryl/α,β-unsaturated/α-hetero) is 1. The van der Waals surface area contributed by atoms with Crippen molar-refractivity contribution in [2.24, 2.45) is 17.8 Å². The third kappa shape index (κ3) is 1.69. The molecule has 1 aliphatic rings. The predicted molar refractivity (Wildman–Crippen MR) is 47.7 cm³/mol. The molecule has 0 heterocycles. The summed E-state index contributed by atoms with van der Waals surface area (Å²) >= 11 is 0. The Labute approximate surface area is 74.0 Å². The van der Waals surface area contributed by atoms with Crippen LogP contribution in [0.4, 0.5) is 0 Å². The first-order valence-electron chi connectivity index (χ1n) is 4.75. The van der Waals surface area contributed by atoms with Crippen molar-refractivity contribution in [3.63, 3.8) is 0 Å². The lowest BCUT2D eigenvalue weighted by Gasteiger charge is -2.32. The van der Waals surface area contributed by atoms with Crippen LogP contribution in [0.2, 0.25) is 0 Å². The summed E-state index contributed by atoms with van der Waals surface area (Å²) in [4.78, 5) is 11.4. The van der Waals surface area contributed by atoms with Gasteiger partial charge < -0.3 is 5.11 Å². The maximum Gasteiger partial charge on any atom is 0.164 e. The number of ketones is 1. The summed E-state index contributed by atoms with van der Waals surface area (Å²) in [6.45, 7) is 6.04. The Morgan fingerprint density at radius 1 is 1.42 bits per heavy atom. The first kappa shape index (κ1) is 9.72. The fourth-order valence-electron chi connectivity index (χ4n) is 1.94. The van der Waals surface area contributed by atoms with Crippen molar-refractivity contribution in [3.05, 3.63) is 0 Å². The Morgan fingerprint density at radius 3 is 2.50 bits per heavy atom. The molecule has 0 spiro atoms. The van der Waals surface area contributed by atoms with E-state index in [2.05, 4.69) is 13.8 Å². The standard InChI is InChI=1S/C10H18O2/c1-6(2)8-5-4-7(3)9(11)10(8)12/h6-8,10,12H,4-5H2,1-3H3. The number of hydrogen-bond acceptors (Lipinski definition) is 2. The van der Waals surface area contributed by atoms with Crippen molar-refractivity contribution in [1.29, 1.82) is 0 Å². The zero-order valence-corrected chi connectivity index (χ0v) is 8.08. The van der Waals surface area contributed by atoms with Gasteiger partial charge in [0.2, 0.25) is 0 Å². The highest BCUT2D eigenvalue weighted by Gasteiger charge is 2.35. The summed E-state index contributed by atoms with van der Waals surface area (Å²) in [5, 5.41) is 9.63. The quantitative estimate of drug-likeness (QED) is 0.649. The highest BCUT2D eigenvalue weighted by Crippen LogP contribution is 2.30. The predicted octanol–water partition coefficient (Wildman–Crippen LogP) is 1.62. The maximum atomic E-state index is 11.4. The van der Waals surface area contributed by atoms with Crippen molar-refractivity contribution in [2.45, 2.75) is 39.7 Å². The van der Waals surface area contributed by atoms with E-state index >= 15 is 0 Å². The van der Waals surface area contributed by atoms with Gasteiger partial charge in [-0.15, -0.1) is 0 Å². The minimum absolute atomic E-state index is 0.0416. The van der Waals surface area contributed by atoms with Crippen molar-refractivity contribution in [1.82, 2.24) is 0 Å². The van der Waals surface area contributed by atoms with Crippen LogP contribution in [0, 0.1) is 17.8 Å². The summed E-state index contributed by atoms with van der Waals surface area (Å²) < 4.78 is 0. The van der Waals surface area contributed by atoms with Crippen LogP contribution >= 0.6 is 0 Å². The second-order valence-electron chi connectivity index (χ2n) is 4.23. The summed E-state index contributed by atoms with van der Waals surface area (Å²) in [5.41, 5.74) is 0. The Bertz CT molecular complexity index is 175. The van der Waals surface area contributed by atoms with Gasteiger partial charge in [0.1, 0.15) is 6.10 Å². The lowest BCUT2D eigenvalue weighted by atomic mass is 9.75. The van der Waals surface area contributed by atoms with E-state index in [1.54, 1.807) is 0 Å². The lowest BCUT2D eigenvalue weighted by Crippen LogP contribution is -2.40. The van der Waals surface area contributed by atoms with Gasteiger partial charge in [0, 0.05) is 5.92 Å². The average Bonchev–Trinajstić information content (AvgIpc) is 2.00. The van der Waals surface area contributed by atoms with Crippen LogP contribution < -0.4 is 0 Å². The minimum atomic E-state index is -0.700. The second-order valence-corrected chi connectivity index (χ2v) is 4.23. The third-order valence-electron chi connectivity index (χ3n) is 2.97. The molecule has 0 bridgehead atoms. The van der Waals surface area contributed by atoms with Gasteiger partial charge in [-0.05, 0) is 24.7 Å². The van der Waals surface area contributed by atoms with E-state index < -0.39 is 6.10 Å². The Balaban J connectivity index is 2.65. The highest BCUT2D eigenvalue weighted by molar-refractivity contribution is 5.85. The first-order valence-corrected chi connectivity index (χ1v) is 4.75. The zero-order valence-electron chi connectivity index (χ0n) is 8.08. The summed E-state index contributed by atoms with van der Waals surface area (Å²) in [6, 6.07) is 0. The van der Waals surface area contributed by atoms with Gasteiger partial charge in [0.05, 0.1) is 0 Å². The monoisotopic (exact) mass is 170 g/mol.